The Balaban J connectivity index is 0.000000280. The van der Waals surface area contributed by atoms with Gasteiger partial charge in [-0.1, -0.05) is 66.7 Å². The first-order valence-electron chi connectivity index (χ1n) is 14.1. The zero-order chi connectivity index (χ0) is 29.9. The van der Waals surface area contributed by atoms with E-state index in [1.807, 2.05) is 54.5 Å². The third-order valence-corrected chi connectivity index (χ3v) is 6.68. The van der Waals surface area contributed by atoms with E-state index in [-0.39, 0.29) is 36.3 Å². The Labute approximate surface area is 247 Å². The van der Waals surface area contributed by atoms with Gasteiger partial charge in [0.1, 0.15) is 42.7 Å². The highest BCUT2D eigenvalue weighted by molar-refractivity contribution is 5.41. The summed E-state index contributed by atoms with van der Waals surface area (Å²) in [7, 11) is 0. The molecule has 2 aromatic carbocycles. The summed E-state index contributed by atoms with van der Waals surface area (Å²) in [5, 5.41) is 0. The second-order valence-electron chi connectivity index (χ2n) is 13.7. The minimum atomic E-state index is -0.563. The van der Waals surface area contributed by atoms with Gasteiger partial charge in [-0.3, -0.25) is 0 Å². The molecule has 2 fully saturated rings. The molecule has 2 atom stereocenters. The van der Waals surface area contributed by atoms with Crippen molar-refractivity contribution in [1.82, 2.24) is 0 Å². The molecule has 0 radical (unpaired) electrons. The second kappa shape index (κ2) is 13.4. The number of ether oxygens (including phenoxy) is 6. The number of rotatable bonds is 6. The first-order valence-corrected chi connectivity index (χ1v) is 14.1. The highest BCUT2D eigenvalue weighted by atomic mass is 19.1. The van der Waals surface area contributed by atoms with Crippen LogP contribution in [-0.2, 0) is 29.8 Å². The van der Waals surface area contributed by atoms with Crippen molar-refractivity contribution in [1.29, 1.82) is 0 Å². The fraction of sp³-hybridized carbons (Fsp3) is 0.647. The molecule has 0 amide bonds. The quantitative estimate of drug-likeness (QED) is 0.346. The Bertz CT molecular complexity index is 1130. The molecule has 2 aromatic rings. The van der Waals surface area contributed by atoms with Gasteiger partial charge >= 0.3 is 0 Å². The maximum Gasteiger partial charge on any atom is 0.163 e. The molecule has 232 valence electrons. The molecule has 2 heterocycles. The van der Waals surface area contributed by atoms with E-state index in [0.717, 1.165) is 11.3 Å². The van der Waals surface area contributed by atoms with Gasteiger partial charge in [-0.2, -0.15) is 0 Å². The van der Waals surface area contributed by atoms with E-state index in [9.17, 15) is 4.39 Å². The lowest BCUT2D eigenvalue weighted by molar-refractivity contribution is -0.141. The minimum Gasteiger partial charge on any atom is -0.491 e. The summed E-state index contributed by atoms with van der Waals surface area (Å²) in [6.45, 7) is 24.4. The van der Waals surface area contributed by atoms with E-state index in [2.05, 4.69) is 45.9 Å². The molecule has 0 aromatic heterocycles. The minimum absolute atomic E-state index is 0. The second-order valence-corrected chi connectivity index (χ2v) is 13.7. The average molecular weight is 577 g/mol. The van der Waals surface area contributed by atoms with Crippen molar-refractivity contribution < 1.29 is 32.8 Å². The van der Waals surface area contributed by atoms with Crippen LogP contribution in [0.1, 0.15) is 93.4 Å². The van der Waals surface area contributed by atoms with Crippen LogP contribution < -0.4 is 9.47 Å². The average Bonchev–Trinajstić information content (AvgIpc) is 3.35. The Hall–Kier alpha value is -2.19. The molecule has 0 spiro atoms. The van der Waals surface area contributed by atoms with Gasteiger partial charge in [0.05, 0.1) is 13.2 Å². The van der Waals surface area contributed by atoms with Crippen molar-refractivity contribution in [3.05, 3.63) is 58.9 Å². The van der Waals surface area contributed by atoms with Crippen LogP contribution in [0.4, 0.5) is 4.39 Å². The number of hydrogen-bond donors (Lipinski definition) is 0. The van der Waals surface area contributed by atoms with Crippen molar-refractivity contribution in [3.63, 3.8) is 0 Å². The zero-order valence-electron chi connectivity index (χ0n) is 26.3. The smallest absolute Gasteiger partial charge is 0.163 e. The number of halogens is 1. The van der Waals surface area contributed by atoms with E-state index in [1.54, 1.807) is 6.07 Å². The van der Waals surface area contributed by atoms with E-state index >= 15 is 0 Å². The number of benzene rings is 2. The molecule has 41 heavy (non-hydrogen) atoms. The summed E-state index contributed by atoms with van der Waals surface area (Å²) in [5.41, 5.74) is 3.35. The summed E-state index contributed by atoms with van der Waals surface area (Å²) in [6, 6.07) is 11.2. The van der Waals surface area contributed by atoms with E-state index in [1.165, 1.54) is 17.2 Å². The van der Waals surface area contributed by atoms with Crippen molar-refractivity contribution in [2.75, 3.05) is 26.4 Å². The summed E-state index contributed by atoms with van der Waals surface area (Å²) >= 11 is 0. The van der Waals surface area contributed by atoms with Crippen LogP contribution in [0.3, 0.4) is 0 Å². The molecule has 2 aliphatic rings. The number of aryl methyl sites for hydroxylation is 1. The van der Waals surface area contributed by atoms with Crippen molar-refractivity contribution in [2.24, 2.45) is 0 Å². The molecule has 2 aliphatic heterocycles. The Morgan fingerprint density at radius 3 is 1.78 bits per heavy atom. The Morgan fingerprint density at radius 1 is 0.780 bits per heavy atom. The lowest BCUT2D eigenvalue weighted by atomic mass is 9.85. The normalized spacial score (nSPS) is 21.5. The van der Waals surface area contributed by atoms with Crippen LogP contribution in [0, 0.1) is 12.7 Å². The molecular weight excluding hydrogens is 523 g/mol. The Kier molecular flexibility index (Phi) is 11.5. The molecule has 2 saturated heterocycles. The van der Waals surface area contributed by atoms with Crippen LogP contribution in [0.2, 0.25) is 0 Å². The molecule has 0 bridgehead atoms. The van der Waals surface area contributed by atoms with Gasteiger partial charge in [-0.05, 0) is 74.8 Å². The van der Waals surface area contributed by atoms with Gasteiger partial charge in [-0.25, -0.2) is 4.39 Å². The lowest BCUT2D eigenvalue weighted by Gasteiger charge is -2.24. The van der Waals surface area contributed by atoms with Crippen molar-refractivity contribution in [3.8, 4) is 11.5 Å². The van der Waals surface area contributed by atoms with Gasteiger partial charge in [0.15, 0.2) is 11.6 Å². The summed E-state index contributed by atoms with van der Waals surface area (Å²) in [4.78, 5) is 0. The van der Waals surface area contributed by atoms with Gasteiger partial charge in [0.25, 0.3) is 0 Å². The monoisotopic (exact) mass is 576 g/mol. The molecule has 4 rings (SSSR count). The van der Waals surface area contributed by atoms with Crippen LogP contribution >= 0.6 is 0 Å². The molecule has 0 N–H and O–H groups in total. The van der Waals surface area contributed by atoms with Crippen LogP contribution in [0.15, 0.2) is 36.4 Å². The summed E-state index contributed by atoms with van der Waals surface area (Å²) in [6.07, 6.45) is -0.120. The van der Waals surface area contributed by atoms with Gasteiger partial charge in [0.2, 0.25) is 0 Å². The summed E-state index contributed by atoms with van der Waals surface area (Å²) in [5.74, 6) is 0.136. The largest absolute Gasteiger partial charge is 0.491 e. The van der Waals surface area contributed by atoms with Crippen LogP contribution in [0.5, 0.6) is 11.5 Å². The maximum absolute atomic E-state index is 13.6. The van der Waals surface area contributed by atoms with E-state index < -0.39 is 11.6 Å². The molecule has 7 heteroatoms. The third kappa shape index (κ3) is 10.9. The predicted molar refractivity (Wildman–Crippen MR) is 163 cm³/mol. The SMILES string of the molecule is C.CC1(C)OCC(COc2cc(F)cc(C(C)(C)C)c2)O1.Cc1ccc(OCC2COC(C)(C)O2)c(C(C)(C)C)c1. The van der Waals surface area contributed by atoms with Gasteiger partial charge in [0, 0.05) is 6.07 Å². The van der Waals surface area contributed by atoms with E-state index in [0.29, 0.717) is 32.2 Å². The highest BCUT2D eigenvalue weighted by Crippen LogP contribution is 2.33. The topological polar surface area (TPSA) is 55.4 Å². The van der Waals surface area contributed by atoms with Crippen molar-refractivity contribution in [2.45, 2.75) is 118 Å². The molecular formula is C34H53FO6. The standard InChI is InChI=1S/C17H26O3.C16H23FO3.CH4/c1-12-7-8-15(14(9-12)16(2,3)4)18-10-13-11-19-17(5,6)20-13;1-15(2,3)11-6-12(17)8-13(7-11)18-9-14-10-19-16(4,5)20-14;/h7-9,13H,10-11H2,1-6H3;6-8,14H,9-10H2,1-5H3;1H4. The van der Waals surface area contributed by atoms with E-state index in [4.69, 9.17) is 28.4 Å². The zero-order valence-corrected chi connectivity index (χ0v) is 26.3. The Morgan fingerprint density at radius 2 is 1.32 bits per heavy atom. The number of hydrogen-bond acceptors (Lipinski definition) is 6. The summed E-state index contributed by atoms with van der Waals surface area (Å²) < 4.78 is 47.7. The first-order chi connectivity index (χ1) is 18.3. The first kappa shape index (κ1) is 35.0. The van der Waals surface area contributed by atoms with Gasteiger partial charge in [-0.15, -0.1) is 0 Å². The van der Waals surface area contributed by atoms with Crippen molar-refractivity contribution >= 4 is 0 Å². The molecule has 2 unspecified atom stereocenters. The molecule has 0 aliphatic carbocycles. The molecule has 0 saturated carbocycles. The maximum atomic E-state index is 13.6. The lowest BCUT2D eigenvalue weighted by Crippen LogP contribution is -2.25. The third-order valence-electron chi connectivity index (χ3n) is 6.68. The van der Waals surface area contributed by atoms with Crippen LogP contribution in [-0.4, -0.2) is 50.2 Å². The fourth-order valence-electron chi connectivity index (χ4n) is 4.50. The highest BCUT2D eigenvalue weighted by Gasteiger charge is 2.34. The molecule has 6 nitrogen and oxygen atoms in total. The fourth-order valence-corrected chi connectivity index (χ4v) is 4.50. The van der Waals surface area contributed by atoms with Gasteiger partial charge < -0.3 is 28.4 Å². The predicted octanol–water partition coefficient (Wildman–Crippen LogP) is 8.11. The van der Waals surface area contributed by atoms with Crippen LogP contribution in [0.25, 0.3) is 0 Å².